The maximum absolute atomic E-state index is 5.74. The van der Waals surface area contributed by atoms with E-state index in [0.29, 0.717) is 6.04 Å². The molecule has 0 spiro atoms. The van der Waals surface area contributed by atoms with Crippen LogP contribution in [-0.4, -0.2) is 30.8 Å². The van der Waals surface area contributed by atoms with Crippen LogP contribution in [0.1, 0.15) is 47.5 Å². The molecule has 2 atom stereocenters. The molecule has 0 radical (unpaired) electrons. The number of nitrogens with zero attached hydrogens (tertiary/aromatic N) is 1. The SMILES string of the molecule is CCC1CNC(C)(CC)CN1c1ccc(OC(C)C)cc1. The molecule has 1 fully saturated rings. The number of piperazine rings is 1. The Balaban J connectivity index is 2.16. The molecule has 3 heteroatoms. The molecule has 1 N–H and O–H groups in total. The number of hydrogen-bond donors (Lipinski definition) is 1. The highest BCUT2D eigenvalue weighted by Gasteiger charge is 2.33. The van der Waals surface area contributed by atoms with Crippen LogP contribution < -0.4 is 15.0 Å². The molecule has 2 unspecified atom stereocenters. The van der Waals surface area contributed by atoms with E-state index < -0.39 is 0 Å². The van der Waals surface area contributed by atoms with Gasteiger partial charge in [0.25, 0.3) is 0 Å². The number of anilines is 1. The first-order chi connectivity index (χ1) is 9.97. The van der Waals surface area contributed by atoms with Gasteiger partial charge in [-0.3, -0.25) is 0 Å². The molecule has 0 aliphatic carbocycles. The number of nitrogens with one attached hydrogen (secondary N) is 1. The lowest BCUT2D eigenvalue weighted by Gasteiger charge is -2.47. The molecular formula is C18H30N2O. The van der Waals surface area contributed by atoms with E-state index in [-0.39, 0.29) is 11.6 Å². The van der Waals surface area contributed by atoms with Gasteiger partial charge in [0.2, 0.25) is 0 Å². The van der Waals surface area contributed by atoms with Gasteiger partial charge in [-0.1, -0.05) is 13.8 Å². The minimum Gasteiger partial charge on any atom is -0.491 e. The minimum absolute atomic E-state index is 0.207. The molecule has 118 valence electrons. The number of rotatable bonds is 5. The van der Waals surface area contributed by atoms with E-state index in [2.05, 4.69) is 69.1 Å². The van der Waals surface area contributed by atoms with Crippen molar-refractivity contribution in [3.8, 4) is 5.75 Å². The fourth-order valence-electron chi connectivity index (χ4n) is 2.93. The Kier molecular flexibility index (Phi) is 5.15. The summed E-state index contributed by atoms with van der Waals surface area (Å²) in [6, 6.07) is 9.14. The smallest absolute Gasteiger partial charge is 0.119 e. The van der Waals surface area contributed by atoms with Crippen molar-refractivity contribution in [2.45, 2.75) is 65.1 Å². The molecule has 1 aliphatic heterocycles. The third-order valence-electron chi connectivity index (χ3n) is 4.52. The van der Waals surface area contributed by atoms with Gasteiger partial charge >= 0.3 is 0 Å². The third kappa shape index (κ3) is 3.91. The van der Waals surface area contributed by atoms with Crippen molar-refractivity contribution in [2.24, 2.45) is 0 Å². The minimum atomic E-state index is 0.207. The molecule has 1 aliphatic rings. The fraction of sp³-hybridized carbons (Fsp3) is 0.667. The van der Waals surface area contributed by atoms with E-state index in [1.807, 2.05) is 0 Å². The molecule has 0 saturated carbocycles. The Morgan fingerprint density at radius 1 is 1.29 bits per heavy atom. The van der Waals surface area contributed by atoms with Crippen LogP contribution in [0.3, 0.4) is 0 Å². The van der Waals surface area contributed by atoms with Crippen LogP contribution in [0.25, 0.3) is 0 Å². The van der Waals surface area contributed by atoms with E-state index in [4.69, 9.17) is 4.74 Å². The van der Waals surface area contributed by atoms with Crippen LogP contribution in [0, 0.1) is 0 Å². The molecule has 0 aromatic heterocycles. The second-order valence-corrected chi connectivity index (χ2v) is 6.65. The maximum Gasteiger partial charge on any atom is 0.119 e. The predicted octanol–water partition coefficient (Wildman–Crippen LogP) is 3.83. The van der Waals surface area contributed by atoms with Gasteiger partial charge < -0.3 is 15.0 Å². The van der Waals surface area contributed by atoms with Gasteiger partial charge in [0, 0.05) is 30.4 Å². The second kappa shape index (κ2) is 6.69. The van der Waals surface area contributed by atoms with Gasteiger partial charge in [0.1, 0.15) is 5.75 Å². The van der Waals surface area contributed by atoms with Crippen molar-refractivity contribution in [2.75, 3.05) is 18.0 Å². The molecule has 3 nitrogen and oxygen atoms in total. The van der Waals surface area contributed by atoms with Crippen LogP contribution in [0.15, 0.2) is 24.3 Å². The van der Waals surface area contributed by atoms with E-state index in [1.54, 1.807) is 0 Å². The third-order valence-corrected chi connectivity index (χ3v) is 4.52. The summed E-state index contributed by atoms with van der Waals surface area (Å²) in [6.07, 6.45) is 2.53. The zero-order chi connectivity index (χ0) is 15.5. The van der Waals surface area contributed by atoms with Crippen molar-refractivity contribution < 1.29 is 4.74 Å². The molecule has 1 saturated heterocycles. The van der Waals surface area contributed by atoms with Crippen LogP contribution in [0.2, 0.25) is 0 Å². The lowest BCUT2D eigenvalue weighted by molar-refractivity contribution is 0.242. The molecule has 1 aromatic rings. The van der Waals surface area contributed by atoms with Crippen LogP contribution in [0.4, 0.5) is 5.69 Å². The van der Waals surface area contributed by atoms with Gasteiger partial charge in [-0.2, -0.15) is 0 Å². The Labute approximate surface area is 129 Å². The number of ether oxygens (including phenoxy) is 1. The van der Waals surface area contributed by atoms with Crippen LogP contribution in [-0.2, 0) is 0 Å². The second-order valence-electron chi connectivity index (χ2n) is 6.65. The molecule has 2 rings (SSSR count). The summed E-state index contributed by atoms with van der Waals surface area (Å²) in [5, 5.41) is 3.72. The Hall–Kier alpha value is -1.22. The normalized spacial score (nSPS) is 26.2. The summed E-state index contributed by atoms with van der Waals surface area (Å²) >= 11 is 0. The maximum atomic E-state index is 5.74. The monoisotopic (exact) mass is 290 g/mol. The van der Waals surface area contributed by atoms with Crippen molar-refractivity contribution in [3.63, 3.8) is 0 Å². The van der Waals surface area contributed by atoms with Crippen molar-refractivity contribution in [1.82, 2.24) is 5.32 Å². The molecule has 21 heavy (non-hydrogen) atoms. The first kappa shape index (κ1) is 16.2. The Bertz CT molecular complexity index is 443. The van der Waals surface area contributed by atoms with E-state index in [0.717, 1.165) is 31.7 Å². The van der Waals surface area contributed by atoms with Gasteiger partial charge in [-0.25, -0.2) is 0 Å². The largest absolute Gasteiger partial charge is 0.491 e. The number of hydrogen-bond acceptors (Lipinski definition) is 3. The summed E-state index contributed by atoms with van der Waals surface area (Å²) in [6.45, 7) is 13.1. The fourth-order valence-corrected chi connectivity index (χ4v) is 2.93. The van der Waals surface area contributed by atoms with Crippen LogP contribution in [0.5, 0.6) is 5.75 Å². The van der Waals surface area contributed by atoms with Gasteiger partial charge in [0.05, 0.1) is 6.10 Å². The quantitative estimate of drug-likeness (QED) is 0.892. The van der Waals surface area contributed by atoms with Gasteiger partial charge in [0.15, 0.2) is 0 Å². The van der Waals surface area contributed by atoms with Crippen molar-refractivity contribution in [3.05, 3.63) is 24.3 Å². The summed E-state index contributed by atoms with van der Waals surface area (Å²) in [5.41, 5.74) is 1.51. The highest BCUT2D eigenvalue weighted by molar-refractivity contribution is 5.51. The lowest BCUT2D eigenvalue weighted by atomic mass is 9.92. The Morgan fingerprint density at radius 2 is 1.95 bits per heavy atom. The predicted molar refractivity (Wildman–Crippen MR) is 90.3 cm³/mol. The summed E-state index contributed by atoms with van der Waals surface area (Å²) < 4.78 is 5.74. The van der Waals surface area contributed by atoms with Crippen LogP contribution >= 0.6 is 0 Å². The average Bonchev–Trinajstić information content (AvgIpc) is 2.47. The van der Waals surface area contributed by atoms with E-state index >= 15 is 0 Å². The highest BCUT2D eigenvalue weighted by atomic mass is 16.5. The highest BCUT2D eigenvalue weighted by Crippen LogP contribution is 2.28. The zero-order valence-corrected chi connectivity index (χ0v) is 14.1. The first-order valence-electron chi connectivity index (χ1n) is 8.26. The standard InChI is InChI=1S/C18H30N2O/c1-6-15-12-19-18(5,7-2)13-20(15)16-8-10-17(11-9-16)21-14(3)4/h8-11,14-15,19H,6-7,12-13H2,1-5H3. The lowest BCUT2D eigenvalue weighted by Crippen LogP contribution is -2.62. The van der Waals surface area contributed by atoms with Gasteiger partial charge in [-0.05, 0) is 57.9 Å². The Morgan fingerprint density at radius 3 is 2.48 bits per heavy atom. The molecule has 0 amide bonds. The molecule has 0 bridgehead atoms. The first-order valence-corrected chi connectivity index (χ1v) is 8.26. The zero-order valence-electron chi connectivity index (χ0n) is 14.1. The molecule has 1 heterocycles. The molecular weight excluding hydrogens is 260 g/mol. The summed E-state index contributed by atoms with van der Waals surface area (Å²) in [7, 11) is 0. The molecule has 1 aromatic carbocycles. The van der Waals surface area contributed by atoms with Crippen molar-refractivity contribution >= 4 is 5.69 Å². The average molecular weight is 290 g/mol. The summed E-state index contributed by atoms with van der Waals surface area (Å²) in [4.78, 5) is 2.55. The van der Waals surface area contributed by atoms with E-state index in [1.165, 1.54) is 5.69 Å². The summed E-state index contributed by atoms with van der Waals surface area (Å²) in [5.74, 6) is 0.954. The topological polar surface area (TPSA) is 24.5 Å². The van der Waals surface area contributed by atoms with E-state index in [9.17, 15) is 0 Å². The van der Waals surface area contributed by atoms with Crippen molar-refractivity contribution in [1.29, 1.82) is 0 Å². The number of benzene rings is 1. The van der Waals surface area contributed by atoms with Gasteiger partial charge in [-0.15, -0.1) is 0 Å².